The SMILES string of the molecule is COc1ccc(-c2coc3c4c(ccc3c2=O)OCN(C[C@H]2CCCN3CCCC[C@@H]23)C4)cc1. The molecule has 3 aliphatic heterocycles. The van der Waals surface area contributed by atoms with Crippen LogP contribution in [0.25, 0.3) is 22.1 Å². The maximum Gasteiger partial charge on any atom is 0.200 e. The van der Waals surface area contributed by atoms with E-state index >= 15 is 0 Å². The van der Waals surface area contributed by atoms with E-state index in [4.69, 9.17) is 13.9 Å². The van der Waals surface area contributed by atoms with Crippen molar-refractivity contribution in [2.45, 2.75) is 44.7 Å². The molecule has 0 amide bonds. The summed E-state index contributed by atoms with van der Waals surface area (Å²) in [4.78, 5) is 18.5. The minimum Gasteiger partial charge on any atom is -0.497 e. The zero-order valence-corrected chi connectivity index (χ0v) is 19.8. The van der Waals surface area contributed by atoms with Gasteiger partial charge < -0.3 is 18.8 Å². The Morgan fingerprint density at radius 2 is 1.88 bits per heavy atom. The predicted molar refractivity (Wildman–Crippen MR) is 132 cm³/mol. The Bertz CT molecular complexity index is 1230. The number of hydrogen-bond donors (Lipinski definition) is 0. The van der Waals surface area contributed by atoms with E-state index < -0.39 is 0 Å². The van der Waals surface area contributed by atoms with Crippen LogP contribution in [0.5, 0.6) is 11.5 Å². The monoisotopic (exact) mass is 460 g/mol. The lowest BCUT2D eigenvalue weighted by molar-refractivity contribution is 0.0146. The molecule has 1 aromatic heterocycles. The third kappa shape index (κ3) is 3.89. The third-order valence-electron chi connectivity index (χ3n) is 7.91. The molecule has 6 rings (SSSR count). The summed E-state index contributed by atoms with van der Waals surface area (Å²) in [5.41, 5.74) is 2.99. The Balaban J connectivity index is 1.27. The standard InChI is InChI=1S/C28H32N2O4/c1-32-21-9-7-19(8-10-21)24-17-33-28-22(27(24)31)11-12-26-23(28)16-29(18-34-26)15-20-5-4-14-30-13-3-2-6-25(20)30/h7-12,17,20,25H,2-6,13-16,18H2,1H3/t20-,25+/m1/s1. The minimum atomic E-state index is -0.0172. The predicted octanol–water partition coefficient (Wildman–Crippen LogP) is 4.89. The molecule has 3 aromatic rings. The second-order valence-corrected chi connectivity index (χ2v) is 9.91. The molecular weight excluding hydrogens is 428 g/mol. The lowest BCUT2D eigenvalue weighted by atomic mass is 9.83. The van der Waals surface area contributed by atoms with Crippen molar-refractivity contribution in [1.29, 1.82) is 0 Å². The van der Waals surface area contributed by atoms with Gasteiger partial charge >= 0.3 is 0 Å². The molecule has 0 spiro atoms. The van der Waals surface area contributed by atoms with Crippen LogP contribution in [-0.2, 0) is 6.54 Å². The summed E-state index contributed by atoms with van der Waals surface area (Å²) in [6.07, 6.45) is 8.18. The molecule has 2 fully saturated rings. The van der Waals surface area contributed by atoms with E-state index in [0.717, 1.165) is 35.7 Å². The van der Waals surface area contributed by atoms with Gasteiger partial charge in [-0.15, -0.1) is 0 Å². The molecule has 2 aromatic carbocycles. The number of hydrogen-bond acceptors (Lipinski definition) is 6. The lowest BCUT2D eigenvalue weighted by Crippen LogP contribution is -2.51. The van der Waals surface area contributed by atoms with E-state index in [1.165, 1.54) is 45.2 Å². The van der Waals surface area contributed by atoms with Crippen molar-refractivity contribution in [2.75, 3.05) is 33.5 Å². The fourth-order valence-corrected chi connectivity index (χ4v) is 6.16. The highest BCUT2D eigenvalue weighted by molar-refractivity contribution is 5.85. The van der Waals surface area contributed by atoms with E-state index in [1.807, 2.05) is 36.4 Å². The fraction of sp³-hybridized carbons (Fsp3) is 0.464. The molecule has 0 N–H and O–H groups in total. The summed E-state index contributed by atoms with van der Waals surface area (Å²) in [7, 11) is 1.63. The number of fused-ring (bicyclic) bond motifs is 4. The van der Waals surface area contributed by atoms with Crippen molar-refractivity contribution in [2.24, 2.45) is 5.92 Å². The number of rotatable bonds is 4. The van der Waals surface area contributed by atoms with Crippen molar-refractivity contribution >= 4 is 11.0 Å². The first-order valence-electron chi connectivity index (χ1n) is 12.5. The van der Waals surface area contributed by atoms with Crippen LogP contribution >= 0.6 is 0 Å². The number of methoxy groups -OCH3 is 1. The Labute approximate surface area is 200 Å². The molecule has 6 nitrogen and oxygen atoms in total. The number of nitrogens with zero attached hydrogens (tertiary/aromatic N) is 2. The highest BCUT2D eigenvalue weighted by Crippen LogP contribution is 2.35. The van der Waals surface area contributed by atoms with E-state index in [2.05, 4.69) is 9.80 Å². The second-order valence-electron chi connectivity index (χ2n) is 9.91. The van der Waals surface area contributed by atoms with Crippen molar-refractivity contribution in [3.8, 4) is 22.6 Å². The van der Waals surface area contributed by atoms with Gasteiger partial charge in [0.25, 0.3) is 0 Å². The Morgan fingerprint density at radius 3 is 2.74 bits per heavy atom. The summed E-state index contributed by atoms with van der Waals surface area (Å²) in [6.45, 7) is 4.89. The molecule has 2 saturated heterocycles. The average molecular weight is 461 g/mol. The molecule has 0 bridgehead atoms. The van der Waals surface area contributed by atoms with E-state index in [-0.39, 0.29) is 5.43 Å². The van der Waals surface area contributed by atoms with Crippen LogP contribution in [0.3, 0.4) is 0 Å². The van der Waals surface area contributed by atoms with Crippen LogP contribution in [0.15, 0.2) is 51.9 Å². The molecule has 34 heavy (non-hydrogen) atoms. The number of piperidine rings is 2. The van der Waals surface area contributed by atoms with E-state index in [0.29, 0.717) is 35.2 Å². The lowest BCUT2D eigenvalue weighted by Gasteiger charge is -2.46. The van der Waals surface area contributed by atoms with Crippen molar-refractivity contribution < 1.29 is 13.9 Å². The average Bonchev–Trinajstić information content (AvgIpc) is 2.89. The van der Waals surface area contributed by atoms with Gasteiger partial charge in [-0.3, -0.25) is 9.69 Å². The zero-order valence-electron chi connectivity index (χ0n) is 19.8. The second kappa shape index (κ2) is 9.08. The maximum atomic E-state index is 13.4. The summed E-state index contributed by atoms with van der Waals surface area (Å²) in [5, 5.41) is 0.605. The largest absolute Gasteiger partial charge is 0.497 e. The van der Waals surface area contributed by atoms with E-state index in [1.54, 1.807) is 13.4 Å². The zero-order chi connectivity index (χ0) is 23.1. The summed E-state index contributed by atoms with van der Waals surface area (Å²) < 4.78 is 17.5. The van der Waals surface area contributed by atoms with Gasteiger partial charge in [0.05, 0.1) is 23.6 Å². The molecule has 0 unspecified atom stereocenters. The molecular formula is C28H32N2O4. The number of ether oxygens (including phenoxy) is 2. The van der Waals surface area contributed by atoms with Gasteiger partial charge in [-0.25, -0.2) is 0 Å². The first-order chi connectivity index (χ1) is 16.7. The van der Waals surface area contributed by atoms with Crippen LogP contribution in [-0.4, -0.2) is 49.3 Å². The molecule has 0 saturated carbocycles. The third-order valence-corrected chi connectivity index (χ3v) is 7.91. The molecule has 178 valence electrons. The van der Waals surface area contributed by atoms with Crippen LogP contribution < -0.4 is 14.9 Å². The van der Waals surface area contributed by atoms with Crippen molar-refractivity contribution in [3.63, 3.8) is 0 Å². The van der Waals surface area contributed by atoms with Crippen molar-refractivity contribution in [3.05, 3.63) is 58.4 Å². The van der Waals surface area contributed by atoms with Crippen molar-refractivity contribution in [1.82, 2.24) is 9.80 Å². The highest BCUT2D eigenvalue weighted by Gasteiger charge is 2.35. The quantitative estimate of drug-likeness (QED) is 0.553. The first-order valence-corrected chi connectivity index (χ1v) is 12.5. The fourth-order valence-electron chi connectivity index (χ4n) is 6.16. The van der Waals surface area contributed by atoms with Gasteiger partial charge in [0.2, 0.25) is 5.43 Å². The molecule has 4 heterocycles. The normalized spacial score (nSPS) is 23.2. The smallest absolute Gasteiger partial charge is 0.200 e. The molecule has 6 heteroatoms. The molecule has 3 aliphatic rings. The van der Waals surface area contributed by atoms with Crippen LogP contribution in [0.2, 0.25) is 0 Å². The molecule has 2 atom stereocenters. The van der Waals surface area contributed by atoms with Crippen LogP contribution in [0, 0.1) is 5.92 Å². The number of benzene rings is 2. The van der Waals surface area contributed by atoms with E-state index in [9.17, 15) is 4.79 Å². The Hall–Kier alpha value is -2.83. The Kier molecular flexibility index (Phi) is 5.79. The van der Waals surface area contributed by atoms with Gasteiger partial charge in [0, 0.05) is 19.1 Å². The molecule has 0 aliphatic carbocycles. The van der Waals surface area contributed by atoms with Gasteiger partial charge in [-0.1, -0.05) is 18.6 Å². The topological polar surface area (TPSA) is 55.2 Å². The van der Waals surface area contributed by atoms with Gasteiger partial charge in [-0.05, 0) is 74.5 Å². The van der Waals surface area contributed by atoms with Gasteiger partial charge in [0.1, 0.15) is 30.1 Å². The van der Waals surface area contributed by atoms with Gasteiger partial charge in [-0.2, -0.15) is 0 Å². The van der Waals surface area contributed by atoms with Crippen LogP contribution in [0.1, 0.15) is 37.7 Å². The molecule has 0 radical (unpaired) electrons. The highest BCUT2D eigenvalue weighted by atomic mass is 16.5. The Morgan fingerprint density at radius 1 is 1.03 bits per heavy atom. The first kappa shape index (κ1) is 21.7. The maximum absolute atomic E-state index is 13.4. The summed E-state index contributed by atoms with van der Waals surface area (Å²) in [6, 6.07) is 12.0. The summed E-state index contributed by atoms with van der Waals surface area (Å²) >= 11 is 0. The summed E-state index contributed by atoms with van der Waals surface area (Å²) in [5.74, 6) is 2.27. The van der Waals surface area contributed by atoms with Gasteiger partial charge in [0.15, 0.2) is 0 Å². The minimum absolute atomic E-state index is 0.0172. The van der Waals surface area contributed by atoms with Crippen LogP contribution in [0.4, 0.5) is 0 Å².